The van der Waals surface area contributed by atoms with Crippen molar-refractivity contribution in [3.05, 3.63) is 59.8 Å². The van der Waals surface area contributed by atoms with Crippen molar-refractivity contribution in [2.24, 2.45) is 0 Å². The Morgan fingerprint density at radius 1 is 0.867 bits per heavy atom. The predicted molar refractivity (Wildman–Crippen MR) is 115 cm³/mol. The molecule has 0 aromatic carbocycles. The van der Waals surface area contributed by atoms with Crippen LogP contribution in [0.2, 0.25) is 0 Å². The maximum absolute atomic E-state index is 9.74. The molecule has 0 fully saturated rings. The summed E-state index contributed by atoms with van der Waals surface area (Å²) >= 11 is 1.63. The van der Waals surface area contributed by atoms with Gasteiger partial charge >= 0.3 is 0 Å². The van der Waals surface area contributed by atoms with E-state index >= 15 is 0 Å². The summed E-state index contributed by atoms with van der Waals surface area (Å²) in [5, 5.41) is 21.3. The summed E-state index contributed by atoms with van der Waals surface area (Å²) in [4.78, 5) is 21.3. The van der Waals surface area contributed by atoms with Crippen LogP contribution in [0.3, 0.4) is 0 Å². The van der Waals surface area contributed by atoms with E-state index in [2.05, 4.69) is 36.6 Å². The molecule has 0 amide bonds. The molecule has 3 N–H and O–H groups in total. The zero-order valence-corrected chi connectivity index (χ0v) is 16.2. The zero-order chi connectivity index (χ0) is 20.1. The van der Waals surface area contributed by atoms with E-state index in [0.29, 0.717) is 22.7 Å². The van der Waals surface area contributed by atoms with Crippen molar-refractivity contribution >= 4 is 33.4 Å². The molecule has 0 radical (unpaired) electrons. The summed E-state index contributed by atoms with van der Waals surface area (Å²) < 4.78 is 0. The fourth-order valence-electron chi connectivity index (χ4n) is 3.47. The molecule has 0 spiro atoms. The molecular formula is C21H13N7OS. The molecule has 144 valence electrons. The van der Waals surface area contributed by atoms with Crippen LogP contribution in [0.5, 0.6) is 5.75 Å². The Morgan fingerprint density at radius 2 is 1.80 bits per heavy atom. The lowest BCUT2D eigenvalue weighted by molar-refractivity contribution is 0.473. The van der Waals surface area contributed by atoms with Gasteiger partial charge in [-0.1, -0.05) is 0 Å². The van der Waals surface area contributed by atoms with Crippen molar-refractivity contribution in [1.29, 1.82) is 0 Å². The van der Waals surface area contributed by atoms with Gasteiger partial charge < -0.3 is 10.1 Å². The fourth-order valence-corrected chi connectivity index (χ4v) is 4.12. The lowest BCUT2D eigenvalue weighted by Gasteiger charge is -2.01. The number of rotatable bonds is 3. The van der Waals surface area contributed by atoms with Crippen LogP contribution in [0.15, 0.2) is 59.8 Å². The number of hydrogen-bond acceptors (Lipinski definition) is 7. The Balaban J connectivity index is 1.52. The first-order valence-corrected chi connectivity index (χ1v) is 10.1. The Kier molecular flexibility index (Phi) is 3.62. The van der Waals surface area contributed by atoms with Crippen LogP contribution in [0, 0.1) is 0 Å². The van der Waals surface area contributed by atoms with E-state index < -0.39 is 0 Å². The third kappa shape index (κ3) is 2.64. The topological polar surface area (TPSA) is 116 Å². The van der Waals surface area contributed by atoms with Crippen molar-refractivity contribution in [1.82, 2.24) is 35.1 Å². The summed E-state index contributed by atoms with van der Waals surface area (Å²) in [5.41, 5.74) is 7.21. The van der Waals surface area contributed by atoms with Crippen LogP contribution in [0.25, 0.3) is 56.0 Å². The van der Waals surface area contributed by atoms with Gasteiger partial charge in [-0.05, 0) is 40.6 Å². The third-order valence-electron chi connectivity index (χ3n) is 4.88. The molecule has 6 heterocycles. The molecule has 0 saturated carbocycles. The van der Waals surface area contributed by atoms with E-state index in [9.17, 15) is 5.11 Å². The molecule has 0 atom stereocenters. The van der Waals surface area contributed by atoms with Gasteiger partial charge in [0.25, 0.3) is 0 Å². The largest absolute Gasteiger partial charge is 0.506 e. The first-order valence-electron chi connectivity index (χ1n) is 9.12. The number of aromatic amines is 2. The van der Waals surface area contributed by atoms with Crippen molar-refractivity contribution < 1.29 is 5.11 Å². The van der Waals surface area contributed by atoms with Crippen LogP contribution in [0.1, 0.15) is 0 Å². The van der Waals surface area contributed by atoms with Gasteiger partial charge in [-0.25, -0.2) is 9.97 Å². The highest BCUT2D eigenvalue weighted by Gasteiger charge is 2.17. The number of pyridine rings is 3. The molecule has 0 aliphatic carbocycles. The van der Waals surface area contributed by atoms with Gasteiger partial charge in [0.2, 0.25) is 0 Å². The average molecular weight is 411 g/mol. The second kappa shape index (κ2) is 6.46. The number of hydrogen-bond donors (Lipinski definition) is 3. The first kappa shape index (κ1) is 16.8. The van der Waals surface area contributed by atoms with Gasteiger partial charge in [-0.2, -0.15) is 16.4 Å². The Labute approximate surface area is 173 Å². The van der Waals surface area contributed by atoms with Crippen molar-refractivity contribution in [2.45, 2.75) is 0 Å². The molecule has 6 aromatic rings. The van der Waals surface area contributed by atoms with E-state index in [1.807, 2.05) is 23.7 Å². The molecule has 0 unspecified atom stereocenters. The van der Waals surface area contributed by atoms with Crippen LogP contribution in [0.4, 0.5) is 0 Å². The van der Waals surface area contributed by atoms with Crippen LogP contribution in [-0.4, -0.2) is 40.2 Å². The highest BCUT2D eigenvalue weighted by atomic mass is 32.1. The SMILES string of the molecule is Oc1cncc(-c2ccc3[nH]nc(-c4nc5c(-c6ccsc6)cncc5[nH]4)c3n2)c1. The minimum Gasteiger partial charge on any atom is -0.506 e. The second-order valence-corrected chi connectivity index (χ2v) is 7.56. The Bertz CT molecular complexity index is 1520. The highest BCUT2D eigenvalue weighted by molar-refractivity contribution is 7.08. The smallest absolute Gasteiger partial charge is 0.161 e. The molecule has 30 heavy (non-hydrogen) atoms. The minimum absolute atomic E-state index is 0.0903. The van der Waals surface area contributed by atoms with Crippen molar-refractivity contribution in [3.8, 4) is 39.7 Å². The van der Waals surface area contributed by atoms with Gasteiger partial charge in [-0.15, -0.1) is 0 Å². The van der Waals surface area contributed by atoms with E-state index in [1.165, 1.54) is 6.20 Å². The second-order valence-electron chi connectivity index (χ2n) is 6.78. The number of aromatic hydroxyl groups is 1. The molecule has 6 aromatic heterocycles. The molecule has 6 rings (SSSR count). The third-order valence-corrected chi connectivity index (χ3v) is 5.56. The number of fused-ring (bicyclic) bond motifs is 2. The molecular weight excluding hydrogens is 398 g/mol. The fraction of sp³-hybridized carbons (Fsp3) is 0. The normalized spacial score (nSPS) is 11.5. The predicted octanol–water partition coefficient (Wildman–Crippen LogP) is 4.39. The lowest BCUT2D eigenvalue weighted by atomic mass is 10.1. The maximum Gasteiger partial charge on any atom is 0.161 e. The monoisotopic (exact) mass is 411 g/mol. The summed E-state index contributed by atoms with van der Waals surface area (Å²) in [5.74, 6) is 0.701. The average Bonchev–Trinajstić information content (AvgIpc) is 3.51. The molecule has 0 aliphatic heterocycles. The van der Waals surface area contributed by atoms with Gasteiger partial charge in [-0.3, -0.25) is 15.1 Å². The number of nitrogens with one attached hydrogen (secondary N) is 2. The van der Waals surface area contributed by atoms with Crippen LogP contribution < -0.4 is 0 Å². The molecule has 0 saturated heterocycles. The summed E-state index contributed by atoms with van der Waals surface area (Å²) in [7, 11) is 0. The van der Waals surface area contributed by atoms with E-state index in [-0.39, 0.29) is 5.75 Å². The van der Waals surface area contributed by atoms with E-state index in [4.69, 9.17) is 9.97 Å². The number of nitrogens with zero attached hydrogens (tertiary/aromatic N) is 5. The maximum atomic E-state index is 9.74. The van der Waals surface area contributed by atoms with Crippen molar-refractivity contribution in [2.75, 3.05) is 0 Å². The van der Waals surface area contributed by atoms with Gasteiger partial charge in [0.15, 0.2) is 11.5 Å². The standard InChI is InChI=1S/C21H13N7OS/c29-13-5-12(6-22-7-13)15-1-2-16-19(24-15)20(28-27-16)21-25-17-9-23-8-14(18(17)26-21)11-3-4-30-10-11/h1-10,29H,(H,25,26)(H,27,28). The van der Waals surface area contributed by atoms with Gasteiger partial charge in [0.05, 0.1) is 29.1 Å². The number of aromatic nitrogens is 7. The van der Waals surface area contributed by atoms with Crippen LogP contribution >= 0.6 is 11.3 Å². The lowest BCUT2D eigenvalue weighted by Crippen LogP contribution is -1.87. The molecule has 0 aliphatic rings. The number of thiophene rings is 1. The Hall–Kier alpha value is -4.11. The molecule has 8 nitrogen and oxygen atoms in total. The summed E-state index contributed by atoms with van der Waals surface area (Å²) in [6.45, 7) is 0. The molecule has 9 heteroatoms. The van der Waals surface area contributed by atoms with Crippen LogP contribution in [-0.2, 0) is 0 Å². The highest BCUT2D eigenvalue weighted by Crippen LogP contribution is 2.32. The van der Waals surface area contributed by atoms with Crippen molar-refractivity contribution in [3.63, 3.8) is 0 Å². The van der Waals surface area contributed by atoms with E-state index in [1.54, 1.807) is 29.8 Å². The summed E-state index contributed by atoms with van der Waals surface area (Å²) in [6, 6.07) is 7.44. The van der Waals surface area contributed by atoms with Gasteiger partial charge in [0, 0.05) is 23.5 Å². The Morgan fingerprint density at radius 3 is 2.67 bits per heavy atom. The number of H-pyrrole nitrogens is 2. The van der Waals surface area contributed by atoms with Gasteiger partial charge in [0.1, 0.15) is 16.8 Å². The van der Waals surface area contributed by atoms with E-state index in [0.717, 1.165) is 33.2 Å². The quantitative estimate of drug-likeness (QED) is 0.398. The first-order chi connectivity index (χ1) is 14.8. The number of imidazole rings is 1. The zero-order valence-electron chi connectivity index (χ0n) is 15.4. The minimum atomic E-state index is 0.0903. The molecule has 0 bridgehead atoms. The summed E-state index contributed by atoms with van der Waals surface area (Å²) in [6.07, 6.45) is 6.63.